The Bertz CT molecular complexity index is 1180. The molecule has 6 nitrogen and oxygen atoms in total. The van der Waals surface area contributed by atoms with Crippen LogP contribution in [0.1, 0.15) is 17.5 Å². The van der Waals surface area contributed by atoms with E-state index in [1.165, 1.54) is 6.26 Å². The monoisotopic (exact) mass is 436 g/mol. The highest BCUT2D eigenvalue weighted by atomic mass is 32.2. The number of hydrogen-bond acceptors (Lipinski definition) is 5. The Morgan fingerprint density at radius 2 is 1.90 bits per heavy atom. The topological polar surface area (TPSA) is 85.4 Å². The predicted molar refractivity (Wildman–Crippen MR) is 119 cm³/mol. The molecule has 1 amide bonds. The zero-order valence-electron chi connectivity index (χ0n) is 17.2. The lowest BCUT2D eigenvalue weighted by Gasteiger charge is -2.12. The van der Waals surface area contributed by atoms with Crippen molar-refractivity contribution in [2.24, 2.45) is 0 Å². The lowest BCUT2D eigenvalue weighted by atomic mass is 10.0. The number of aryl methyl sites for hydroxylation is 1. The van der Waals surface area contributed by atoms with Crippen LogP contribution in [0.2, 0.25) is 0 Å². The Labute approximate surface area is 182 Å². The lowest BCUT2D eigenvalue weighted by molar-refractivity contribution is -0.121. The summed E-state index contributed by atoms with van der Waals surface area (Å²) in [5.74, 6) is 0.821. The van der Waals surface area contributed by atoms with Crippen LogP contribution in [0, 0.1) is 0 Å². The SMILES string of the molecule is CS(=O)(=O)c1ccc(-c2ccc3c(c2)CC(CNC(=O)CCc2cccnc2)O3)cc1. The third kappa shape index (κ3) is 5.30. The fourth-order valence-corrected chi connectivity index (χ4v) is 4.26. The van der Waals surface area contributed by atoms with Crippen molar-refractivity contribution in [1.82, 2.24) is 10.3 Å². The molecule has 3 aromatic rings. The number of amides is 1. The molecule has 160 valence electrons. The zero-order valence-corrected chi connectivity index (χ0v) is 18.1. The van der Waals surface area contributed by atoms with E-state index in [0.29, 0.717) is 30.7 Å². The Hall–Kier alpha value is -3.19. The van der Waals surface area contributed by atoms with Gasteiger partial charge in [0.05, 0.1) is 11.4 Å². The van der Waals surface area contributed by atoms with Crippen molar-refractivity contribution in [3.8, 4) is 16.9 Å². The summed E-state index contributed by atoms with van der Waals surface area (Å²) in [5.41, 5.74) is 4.07. The Morgan fingerprint density at radius 3 is 2.61 bits per heavy atom. The van der Waals surface area contributed by atoms with Gasteiger partial charge >= 0.3 is 0 Å². The van der Waals surface area contributed by atoms with E-state index in [9.17, 15) is 13.2 Å². The van der Waals surface area contributed by atoms with Gasteiger partial charge in [-0.2, -0.15) is 0 Å². The van der Waals surface area contributed by atoms with Crippen LogP contribution in [-0.4, -0.2) is 38.2 Å². The van der Waals surface area contributed by atoms with Crippen molar-refractivity contribution < 1.29 is 17.9 Å². The number of benzene rings is 2. The number of sulfone groups is 1. The number of nitrogens with one attached hydrogen (secondary N) is 1. The van der Waals surface area contributed by atoms with Crippen LogP contribution in [0.3, 0.4) is 0 Å². The van der Waals surface area contributed by atoms with Crippen molar-refractivity contribution in [2.45, 2.75) is 30.3 Å². The largest absolute Gasteiger partial charge is 0.488 e. The molecule has 0 spiro atoms. The maximum Gasteiger partial charge on any atom is 0.220 e. The van der Waals surface area contributed by atoms with Crippen molar-refractivity contribution in [1.29, 1.82) is 0 Å². The van der Waals surface area contributed by atoms with Gasteiger partial charge in [0.15, 0.2) is 9.84 Å². The van der Waals surface area contributed by atoms with Gasteiger partial charge in [-0.15, -0.1) is 0 Å². The van der Waals surface area contributed by atoms with Crippen LogP contribution in [-0.2, 0) is 27.5 Å². The van der Waals surface area contributed by atoms with E-state index in [2.05, 4.69) is 16.4 Å². The first-order chi connectivity index (χ1) is 14.9. The number of carbonyl (C=O) groups is 1. The predicted octanol–water partition coefficient (Wildman–Crippen LogP) is 3.20. The van der Waals surface area contributed by atoms with Crippen molar-refractivity contribution >= 4 is 15.7 Å². The van der Waals surface area contributed by atoms with Gasteiger partial charge in [0, 0.05) is 31.5 Å². The number of aromatic nitrogens is 1. The summed E-state index contributed by atoms with van der Waals surface area (Å²) in [7, 11) is -3.21. The molecule has 1 aliphatic rings. The second kappa shape index (κ2) is 8.89. The molecule has 1 aromatic heterocycles. The second-order valence-electron chi connectivity index (χ2n) is 7.73. The molecule has 2 aromatic carbocycles. The summed E-state index contributed by atoms with van der Waals surface area (Å²) in [6.07, 6.45) is 6.39. The molecule has 1 N–H and O–H groups in total. The molecule has 0 bridgehead atoms. The van der Waals surface area contributed by atoms with E-state index < -0.39 is 9.84 Å². The normalized spacial score (nSPS) is 15.2. The minimum Gasteiger partial charge on any atom is -0.488 e. The number of carbonyl (C=O) groups excluding carboxylic acids is 1. The average molecular weight is 437 g/mol. The number of rotatable bonds is 7. The quantitative estimate of drug-likeness (QED) is 0.615. The third-order valence-corrected chi connectivity index (χ3v) is 6.44. The van der Waals surface area contributed by atoms with Crippen LogP contribution < -0.4 is 10.1 Å². The standard InChI is InChI=1S/C24H24N2O4S/c1-31(28,29)22-8-5-18(6-9-22)19-7-10-23-20(13-19)14-21(30-23)16-26-24(27)11-4-17-3-2-12-25-15-17/h2-3,5-10,12-13,15,21H,4,11,14,16H2,1H3,(H,26,27). The lowest BCUT2D eigenvalue weighted by Crippen LogP contribution is -2.34. The third-order valence-electron chi connectivity index (χ3n) is 5.31. The van der Waals surface area contributed by atoms with E-state index in [-0.39, 0.29) is 12.0 Å². The highest BCUT2D eigenvalue weighted by molar-refractivity contribution is 7.90. The number of nitrogens with zero attached hydrogens (tertiary/aromatic N) is 1. The molecule has 2 heterocycles. The van der Waals surface area contributed by atoms with Crippen molar-refractivity contribution in [2.75, 3.05) is 12.8 Å². The van der Waals surface area contributed by atoms with Crippen LogP contribution in [0.15, 0.2) is 71.9 Å². The van der Waals surface area contributed by atoms with Crippen LogP contribution in [0.25, 0.3) is 11.1 Å². The van der Waals surface area contributed by atoms with Gasteiger partial charge in [-0.25, -0.2) is 8.42 Å². The molecule has 4 rings (SSSR count). The van der Waals surface area contributed by atoms with Crippen LogP contribution in [0.5, 0.6) is 5.75 Å². The molecular formula is C24H24N2O4S. The fourth-order valence-electron chi connectivity index (χ4n) is 3.63. The van der Waals surface area contributed by atoms with Crippen LogP contribution >= 0.6 is 0 Å². The first kappa shape index (κ1) is 21.1. The van der Waals surface area contributed by atoms with E-state index in [1.807, 2.05) is 36.4 Å². The smallest absolute Gasteiger partial charge is 0.220 e. The summed E-state index contributed by atoms with van der Waals surface area (Å²) in [6, 6.07) is 16.7. The first-order valence-corrected chi connectivity index (χ1v) is 12.0. The molecular weight excluding hydrogens is 412 g/mol. The highest BCUT2D eigenvalue weighted by Gasteiger charge is 2.23. The molecule has 0 saturated carbocycles. The minimum absolute atomic E-state index is 0.00457. The highest BCUT2D eigenvalue weighted by Crippen LogP contribution is 2.33. The van der Waals surface area contributed by atoms with Gasteiger partial charge in [0.1, 0.15) is 11.9 Å². The molecule has 0 aliphatic carbocycles. The molecule has 1 atom stereocenters. The average Bonchev–Trinajstić information content (AvgIpc) is 3.19. The summed E-state index contributed by atoms with van der Waals surface area (Å²) < 4.78 is 29.3. The number of ether oxygens (including phenoxy) is 1. The molecule has 31 heavy (non-hydrogen) atoms. The number of fused-ring (bicyclic) bond motifs is 1. The number of pyridine rings is 1. The molecule has 0 saturated heterocycles. The van der Waals surface area contributed by atoms with Crippen molar-refractivity contribution in [3.63, 3.8) is 0 Å². The Kier molecular flexibility index (Phi) is 6.04. The molecule has 1 aliphatic heterocycles. The summed E-state index contributed by atoms with van der Waals surface area (Å²) >= 11 is 0. The summed E-state index contributed by atoms with van der Waals surface area (Å²) in [6.45, 7) is 0.457. The van der Waals surface area contributed by atoms with E-state index >= 15 is 0 Å². The van der Waals surface area contributed by atoms with Gasteiger partial charge in [0.25, 0.3) is 0 Å². The van der Waals surface area contributed by atoms with E-state index in [1.54, 1.807) is 24.5 Å². The fraction of sp³-hybridized carbons (Fsp3) is 0.250. The van der Waals surface area contributed by atoms with Crippen molar-refractivity contribution in [3.05, 3.63) is 78.1 Å². The minimum atomic E-state index is -3.21. The molecule has 0 fully saturated rings. The van der Waals surface area contributed by atoms with Gasteiger partial charge in [-0.1, -0.05) is 24.3 Å². The maximum atomic E-state index is 12.2. The Morgan fingerprint density at radius 1 is 1.13 bits per heavy atom. The molecule has 0 radical (unpaired) electrons. The summed E-state index contributed by atoms with van der Waals surface area (Å²) in [4.78, 5) is 16.5. The first-order valence-electron chi connectivity index (χ1n) is 10.1. The Balaban J connectivity index is 1.32. The zero-order chi connectivity index (χ0) is 21.8. The van der Waals surface area contributed by atoms with Crippen LogP contribution in [0.4, 0.5) is 0 Å². The molecule has 1 unspecified atom stereocenters. The van der Waals surface area contributed by atoms with Gasteiger partial charge in [-0.05, 0) is 59.0 Å². The summed E-state index contributed by atoms with van der Waals surface area (Å²) in [5, 5.41) is 2.96. The van der Waals surface area contributed by atoms with E-state index in [4.69, 9.17) is 4.74 Å². The maximum absolute atomic E-state index is 12.2. The second-order valence-corrected chi connectivity index (χ2v) is 9.74. The van der Waals surface area contributed by atoms with E-state index in [0.717, 1.165) is 28.0 Å². The van der Waals surface area contributed by atoms with Gasteiger partial charge in [-0.3, -0.25) is 9.78 Å². The van der Waals surface area contributed by atoms with Gasteiger partial charge in [0.2, 0.25) is 5.91 Å². The number of hydrogen-bond donors (Lipinski definition) is 1. The molecule has 7 heteroatoms. The van der Waals surface area contributed by atoms with Gasteiger partial charge < -0.3 is 10.1 Å².